The van der Waals surface area contributed by atoms with Crippen LogP contribution in [0.2, 0.25) is 0 Å². The molecule has 1 N–H and O–H groups in total. The fourth-order valence-corrected chi connectivity index (χ4v) is 2.36. The van der Waals surface area contributed by atoms with Gasteiger partial charge in [0.25, 0.3) is 0 Å². The quantitative estimate of drug-likeness (QED) is 0.876. The topological polar surface area (TPSA) is 67.9 Å². The first-order chi connectivity index (χ1) is 11.9. The molecule has 2 aromatic rings. The third kappa shape index (κ3) is 4.73. The number of amides is 2. The summed E-state index contributed by atoms with van der Waals surface area (Å²) in [5.74, 6) is 0.505. The molecule has 0 aliphatic heterocycles. The van der Waals surface area contributed by atoms with Crippen LogP contribution in [0.15, 0.2) is 42.5 Å². The molecular weight excluding hydrogens is 320 g/mol. The predicted octanol–water partition coefficient (Wildman–Crippen LogP) is 3.00. The third-order valence-corrected chi connectivity index (χ3v) is 3.69. The van der Waals surface area contributed by atoms with E-state index >= 15 is 0 Å². The lowest BCUT2D eigenvalue weighted by Crippen LogP contribution is -2.36. The summed E-state index contributed by atoms with van der Waals surface area (Å²) < 4.78 is 10.5. The number of anilines is 2. The molecule has 0 radical (unpaired) electrons. The van der Waals surface area contributed by atoms with Gasteiger partial charge in [0, 0.05) is 18.7 Å². The average Bonchev–Trinajstić information content (AvgIpc) is 2.61. The molecule has 0 atom stereocenters. The number of ether oxygens (including phenoxy) is 2. The van der Waals surface area contributed by atoms with Gasteiger partial charge in [0.05, 0.1) is 19.9 Å². The standard InChI is InChI=1S/C19H22N2O4/c1-13-5-7-15(8-6-13)20-19(23)12-21(14(2)22)17-10-9-16(24-3)11-18(17)25-4/h5-11H,12H2,1-4H3,(H,20,23). The minimum atomic E-state index is -0.295. The van der Waals surface area contributed by atoms with Gasteiger partial charge in [-0.1, -0.05) is 17.7 Å². The van der Waals surface area contributed by atoms with E-state index in [2.05, 4.69) is 5.32 Å². The van der Waals surface area contributed by atoms with E-state index in [0.29, 0.717) is 22.9 Å². The molecule has 6 nitrogen and oxygen atoms in total. The van der Waals surface area contributed by atoms with E-state index < -0.39 is 0 Å². The summed E-state index contributed by atoms with van der Waals surface area (Å²) in [6.07, 6.45) is 0. The fraction of sp³-hybridized carbons (Fsp3) is 0.263. The van der Waals surface area contributed by atoms with Crippen LogP contribution >= 0.6 is 0 Å². The normalized spacial score (nSPS) is 10.1. The van der Waals surface area contributed by atoms with Crippen LogP contribution in [0.4, 0.5) is 11.4 Å². The Morgan fingerprint density at radius 2 is 1.72 bits per heavy atom. The second kappa shape index (κ2) is 8.19. The van der Waals surface area contributed by atoms with E-state index in [9.17, 15) is 9.59 Å². The Balaban J connectivity index is 2.19. The van der Waals surface area contributed by atoms with E-state index in [1.807, 2.05) is 31.2 Å². The number of nitrogens with one attached hydrogen (secondary N) is 1. The minimum absolute atomic E-state index is 0.119. The molecule has 2 aromatic carbocycles. The van der Waals surface area contributed by atoms with Crippen LogP contribution in [0.3, 0.4) is 0 Å². The van der Waals surface area contributed by atoms with Gasteiger partial charge in [-0.15, -0.1) is 0 Å². The lowest BCUT2D eigenvalue weighted by molar-refractivity contribution is -0.120. The van der Waals surface area contributed by atoms with E-state index in [-0.39, 0.29) is 18.4 Å². The highest BCUT2D eigenvalue weighted by atomic mass is 16.5. The predicted molar refractivity (Wildman–Crippen MR) is 97.4 cm³/mol. The third-order valence-electron chi connectivity index (χ3n) is 3.69. The Hall–Kier alpha value is -3.02. The Labute approximate surface area is 147 Å². The molecule has 0 aliphatic rings. The molecule has 2 rings (SSSR count). The lowest BCUT2D eigenvalue weighted by atomic mass is 10.2. The second-order valence-electron chi connectivity index (χ2n) is 5.56. The van der Waals surface area contributed by atoms with Gasteiger partial charge in [-0.2, -0.15) is 0 Å². The lowest BCUT2D eigenvalue weighted by Gasteiger charge is -2.23. The molecular formula is C19H22N2O4. The maximum atomic E-state index is 12.3. The molecule has 0 bridgehead atoms. The summed E-state index contributed by atoms with van der Waals surface area (Å²) in [6, 6.07) is 12.5. The summed E-state index contributed by atoms with van der Waals surface area (Å²) >= 11 is 0. The first-order valence-corrected chi connectivity index (χ1v) is 7.81. The summed E-state index contributed by atoms with van der Waals surface area (Å²) in [6.45, 7) is 3.26. The van der Waals surface area contributed by atoms with Crippen LogP contribution < -0.4 is 19.7 Å². The van der Waals surface area contributed by atoms with Crippen molar-refractivity contribution in [3.05, 3.63) is 48.0 Å². The largest absolute Gasteiger partial charge is 0.497 e. The average molecular weight is 342 g/mol. The van der Waals surface area contributed by atoms with Gasteiger partial charge < -0.3 is 14.8 Å². The molecule has 0 saturated carbocycles. The molecule has 132 valence electrons. The van der Waals surface area contributed by atoms with Crippen molar-refractivity contribution >= 4 is 23.2 Å². The van der Waals surface area contributed by atoms with Gasteiger partial charge in [0.1, 0.15) is 18.0 Å². The van der Waals surface area contributed by atoms with E-state index in [1.54, 1.807) is 25.3 Å². The number of aryl methyl sites for hydroxylation is 1. The van der Waals surface area contributed by atoms with Crippen molar-refractivity contribution in [3.8, 4) is 11.5 Å². The summed E-state index contributed by atoms with van der Waals surface area (Å²) in [5.41, 5.74) is 2.29. The maximum Gasteiger partial charge on any atom is 0.244 e. The van der Waals surface area contributed by atoms with Crippen molar-refractivity contribution in [1.29, 1.82) is 0 Å². The van der Waals surface area contributed by atoms with Gasteiger partial charge >= 0.3 is 0 Å². The van der Waals surface area contributed by atoms with Crippen molar-refractivity contribution < 1.29 is 19.1 Å². The number of nitrogens with zero attached hydrogens (tertiary/aromatic N) is 1. The van der Waals surface area contributed by atoms with Gasteiger partial charge in [0.2, 0.25) is 11.8 Å². The number of benzene rings is 2. The number of methoxy groups -OCH3 is 2. The molecule has 0 fully saturated rings. The van der Waals surface area contributed by atoms with E-state index in [1.165, 1.54) is 18.9 Å². The van der Waals surface area contributed by atoms with Crippen molar-refractivity contribution in [1.82, 2.24) is 0 Å². The van der Waals surface area contributed by atoms with Crippen molar-refractivity contribution in [3.63, 3.8) is 0 Å². The van der Waals surface area contributed by atoms with E-state index in [4.69, 9.17) is 9.47 Å². The van der Waals surface area contributed by atoms with Crippen LogP contribution in [0.5, 0.6) is 11.5 Å². The van der Waals surface area contributed by atoms with E-state index in [0.717, 1.165) is 5.56 Å². The van der Waals surface area contributed by atoms with Crippen LogP contribution in [0.1, 0.15) is 12.5 Å². The number of rotatable bonds is 6. The monoisotopic (exact) mass is 342 g/mol. The highest BCUT2D eigenvalue weighted by Crippen LogP contribution is 2.32. The summed E-state index contributed by atoms with van der Waals surface area (Å²) in [4.78, 5) is 25.8. The second-order valence-corrected chi connectivity index (χ2v) is 5.56. The summed E-state index contributed by atoms with van der Waals surface area (Å²) in [5, 5.41) is 2.79. The number of carbonyl (C=O) groups excluding carboxylic acids is 2. The van der Waals surface area contributed by atoms with Crippen molar-refractivity contribution in [2.75, 3.05) is 31.0 Å². The molecule has 0 unspecified atom stereocenters. The molecule has 2 amide bonds. The van der Waals surface area contributed by atoms with Crippen molar-refractivity contribution in [2.24, 2.45) is 0 Å². The Bertz CT molecular complexity index is 757. The van der Waals surface area contributed by atoms with Crippen molar-refractivity contribution in [2.45, 2.75) is 13.8 Å². The molecule has 0 saturated heterocycles. The number of hydrogen-bond acceptors (Lipinski definition) is 4. The van der Waals surface area contributed by atoms with Crippen LogP contribution in [-0.2, 0) is 9.59 Å². The van der Waals surface area contributed by atoms with Gasteiger partial charge in [0.15, 0.2) is 0 Å². The summed E-state index contributed by atoms with van der Waals surface area (Å²) in [7, 11) is 3.05. The van der Waals surface area contributed by atoms with Crippen LogP contribution in [0, 0.1) is 6.92 Å². The minimum Gasteiger partial charge on any atom is -0.497 e. The number of carbonyl (C=O) groups is 2. The molecule has 0 aromatic heterocycles. The van der Waals surface area contributed by atoms with Gasteiger partial charge in [-0.25, -0.2) is 0 Å². The zero-order valence-corrected chi connectivity index (χ0v) is 14.8. The molecule has 0 spiro atoms. The maximum absolute atomic E-state index is 12.3. The molecule has 0 heterocycles. The van der Waals surface area contributed by atoms with Gasteiger partial charge in [-0.05, 0) is 31.2 Å². The number of hydrogen-bond donors (Lipinski definition) is 1. The van der Waals surface area contributed by atoms with Crippen LogP contribution in [-0.4, -0.2) is 32.6 Å². The Kier molecular flexibility index (Phi) is 6.00. The Morgan fingerprint density at radius 3 is 2.28 bits per heavy atom. The molecule has 0 aliphatic carbocycles. The molecule has 6 heteroatoms. The first-order valence-electron chi connectivity index (χ1n) is 7.81. The fourth-order valence-electron chi connectivity index (χ4n) is 2.36. The highest BCUT2D eigenvalue weighted by molar-refractivity contribution is 6.02. The first kappa shape index (κ1) is 18.3. The Morgan fingerprint density at radius 1 is 1.04 bits per heavy atom. The van der Waals surface area contributed by atoms with Gasteiger partial charge in [-0.3, -0.25) is 14.5 Å². The smallest absolute Gasteiger partial charge is 0.244 e. The zero-order chi connectivity index (χ0) is 18.4. The highest BCUT2D eigenvalue weighted by Gasteiger charge is 2.20. The SMILES string of the molecule is COc1ccc(N(CC(=O)Nc2ccc(C)cc2)C(C)=O)c(OC)c1. The zero-order valence-electron chi connectivity index (χ0n) is 14.8. The van der Waals surface area contributed by atoms with Crippen LogP contribution in [0.25, 0.3) is 0 Å². The molecule has 25 heavy (non-hydrogen) atoms.